The molecule has 0 saturated carbocycles. The SMILES string of the molecule is Cc1c(Br)cc(C(=O)O)cc1S(=O)(=O)NC1CCCOC1. The number of carbonyl (C=O) groups is 1. The Morgan fingerprint density at radius 3 is 2.76 bits per heavy atom. The van der Waals surface area contributed by atoms with Crippen molar-refractivity contribution >= 4 is 31.9 Å². The second-order valence-electron chi connectivity index (χ2n) is 4.92. The zero-order valence-electron chi connectivity index (χ0n) is 11.4. The molecule has 116 valence electrons. The molecule has 6 nitrogen and oxygen atoms in total. The highest BCUT2D eigenvalue weighted by atomic mass is 79.9. The first-order valence-corrected chi connectivity index (χ1v) is 8.72. The fraction of sp³-hybridized carbons (Fsp3) is 0.462. The van der Waals surface area contributed by atoms with Crippen LogP contribution < -0.4 is 4.72 Å². The quantitative estimate of drug-likeness (QED) is 0.835. The number of hydrogen-bond acceptors (Lipinski definition) is 4. The molecule has 1 atom stereocenters. The van der Waals surface area contributed by atoms with E-state index in [1.165, 1.54) is 12.1 Å². The van der Waals surface area contributed by atoms with E-state index in [2.05, 4.69) is 20.7 Å². The van der Waals surface area contributed by atoms with Gasteiger partial charge in [0.25, 0.3) is 0 Å². The largest absolute Gasteiger partial charge is 0.478 e. The molecule has 0 aliphatic carbocycles. The van der Waals surface area contributed by atoms with Gasteiger partial charge in [-0.05, 0) is 37.5 Å². The van der Waals surface area contributed by atoms with Crippen LogP contribution in [0.3, 0.4) is 0 Å². The van der Waals surface area contributed by atoms with Crippen molar-refractivity contribution in [1.82, 2.24) is 4.72 Å². The Hall–Kier alpha value is -0.960. The van der Waals surface area contributed by atoms with Crippen LogP contribution in [0, 0.1) is 6.92 Å². The molecule has 21 heavy (non-hydrogen) atoms. The van der Waals surface area contributed by atoms with Gasteiger partial charge in [-0.3, -0.25) is 0 Å². The van der Waals surface area contributed by atoms with Crippen LogP contribution in [-0.2, 0) is 14.8 Å². The lowest BCUT2D eigenvalue weighted by molar-refractivity contribution is 0.0696. The van der Waals surface area contributed by atoms with E-state index in [4.69, 9.17) is 9.84 Å². The monoisotopic (exact) mass is 377 g/mol. The van der Waals surface area contributed by atoms with Crippen molar-refractivity contribution in [1.29, 1.82) is 0 Å². The minimum atomic E-state index is -3.79. The van der Waals surface area contributed by atoms with Crippen LogP contribution >= 0.6 is 15.9 Å². The Morgan fingerprint density at radius 1 is 1.48 bits per heavy atom. The number of sulfonamides is 1. The van der Waals surface area contributed by atoms with Crippen LogP contribution in [0.4, 0.5) is 0 Å². The molecule has 0 amide bonds. The molecule has 0 aromatic heterocycles. The van der Waals surface area contributed by atoms with E-state index >= 15 is 0 Å². The van der Waals surface area contributed by atoms with E-state index in [0.717, 1.165) is 6.42 Å². The Bertz CT molecular complexity index is 653. The third kappa shape index (κ3) is 3.82. The Labute approximate surface area is 131 Å². The molecule has 2 rings (SSSR count). The first-order valence-electron chi connectivity index (χ1n) is 6.45. The van der Waals surface area contributed by atoms with E-state index < -0.39 is 16.0 Å². The van der Waals surface area contributed by atoms with Gasteiger partial charge < -0.3 is 9.84 Å². The molecule has 0 spiro atoms. The van der Waals surface area contributed by atoms with E-state index in [9.17, 15) is 13.2 Å². The average molecular weight is 378 g/mol. The molecule has 1 unspecified atom stereocenters. The number of halogens is 1. The molecule has 1 fully saturated rings. The zero-order chi connectivity index (χ0) is 15.6. The van der Waals surface area contributed by atoms with Gasteiger partial charge in [-0.15, -0.1) is 0 Å². The summed E-state index contributed by atoms with van der Waals surface area (Å²) in [5.74, 6) is -1.17. The summed E-state index contributed by atoms with van der Waals surface area (Å²) in [5, 5.41) is 9.06. The normalized spacial score (nSPS) is 19.4. The lowest BCUT2D eigenvalue weighted by atomic mass is 10.1. The molecule has 1 aliphatic heterocycles. The van der Waals surface area contributed by atoms with Crippen LogP contribution in [0.25, 0.3) is 0 Å². The summed E-state index contributed by atoms with van der Waals surface area (Å²) in [6, 6.07) is 2.28. The maximum Gasteiger partial charge on any atom is 0.335 e. The van der Waals surface area contributed by atoms with Crippen molar-refractivity contribution in [2.75, 3.05) is 13.2 Å². The molecule has 1 aromatic rings. The molecular formula is C13H16BrNO5S. The highest BCUT2D eigenvalue weighted by Gasteiger charge is 2.25. The van der Waals surface area contributed by atoms with Gasteiger partial charge >= 0.3 is 5.97 Å². The number of nitrogens with one attached hydrogen (secondary N) is 1. The third-order valence-corrected chi connectivity index (χ3v) is 5.79. The Morgan fingerprint density at radius 2 is 2.19 bits per heavy atom. The Balaban J connectivity index is 2.36. The van der Waals surface area contributed by atoms with Crippen molar-refractivity contribution in [2.45, 2.75) is 30.7 Å². The topological polar surface area (TPSA) is 92.7 Å². The molecule has 1 saturated heterocycles. The maximum absolute atomic E-state index is 12.5. The smallest absolute Gasteiger partial charge is 0.335 e. The van der Waals surface area contributed by atoms with Crippen LogP contribution in [-0.4, -0.2) is 38.7 Å². The molecule has 0 radical (unpaired) electrons. The number of aromatic carboxylic acids is 1. The summed E-state index contributed by atoms with van der Waals surface area (Å²) in [7, 11) is -3.79. The molecular weight excluding hydrogens is 362 g/mol. The van der Waals surface area contributed by atoms with Gasteiger partial charge in [0.05, 0.1) is 17.1 Å². The number of carboxylic acids is 1. The van der Waals surface area contributed by atoms with E-state index in [0.29, 0.717) is 29.7 Å². The number of rotatable bonds is 4. The fourth-order valence-corrected chi connectivity index (χ4v) is 4.31. The molecule has 2 N–H and O–H groups in total. The zero-order valence-corrected chi connectivity index (χ0v) is 13.8. The molecule has 1 heterocycles. The van der Waals surface area contributed by atoms with Crippen molar-refractivity contribution in [2.24, 2.45) is 0 Å². The summed E-state index contributed by atoms with van der Waals surface area (Å²) in [5.41, 5.74) is 0.400. The van der Waals surface area contributed by atoms with Crippen molar-refractivity contribution in [3.8, 4) is 0 Å². The summed E-state index contributed by atoms with van der Waals surface area (Å²) in [6.45, 7) is 2.59. The molecule has 1 aromatic carbocycles. The summed E-state index contributed by atoms with van der Waals surface area (Å²) in [4.78, 5) is 11.0. The van der Waals surface area contributed by atoms with Gasteiger partial charge in [0.1, 0.15) is 0 Å². The molecule has 8 heteroatoms. The highest BCUT2D eigenvalue weighted by Crippen LogP contribution is 2.26. The number of benzene rings is 1. The first kappa shape index (κ1) is 16.4. The second kappa shape index (κ2) is 6.43. The van der Waals surface area contributed by atoms with Crippen molar-refractivity contribution in [3.05, 3.63) is 27.7 Å². The summed E-state index contributed by atoms with van der Waals surface area (Å²) in [6.07, 6.45) is 1.50. The number of hydrogen-bond donors (Lipinski definition) is 2. The van der Waals surface area contributed by atoms with Gasteiger partial charge in [-0.1, -0.05) is 15.9 Å². The predicted octanol–water partition coefficient (Wildman–Crippen LogP) is 1.91. The fourth-order valence-electron chi connectivity index (χ4n) is 2.17. The highest BCUT2D eigenvalue weighted by molar-refractivity contribution is 9.10. The van der Waals surface area contributed by atoms with Gasteiger partial charge in [-0.2, -0.15) is 0 Å². The molecule has 0 bridgehead atoms. The molecule has 1 aliphatic rings. The summed E-state index contributed by atoms with van der Waals surface area (Å²) >= 11 is 3.20. The van der Waals surface area contributed by atoms with E-state index in [1.807, 2.05) is 0 Å². The minimum absolute atomic E-state index is 0.0279. The van der Waals surface area contributed by atoms with Crippen LogP contribution in [0.15, 0.2) is 21.5 Å². The minimum Gasteiger partial charge on any atom is -0.478 e. The lowest BCUT2D eigenvalue weighted by Crippen LogP contribution is -2.40. The van der Waals surface area contributed by atoms with Gasteiger partial charge in [0.15, 0.2) is 0 Å². The standard InChI is InChI=1S/C13H16BrNO5S/c1-8-11(14)5-9(13(16)17)6-12(8)21(18,19)15-10-3-2-4-20-7-10/h5-6,10,15H,2-4,7H2,1H3,(H,16,17). The van der Waals surface area contributed by atoms with Gasteiger partial charge in [-0.25, -0.2) is 17.9 Å². The number of ether oxygens (including phenoxy) is 1. The predicted molar refractivity (Wildman–Crippen MR) is 80.0 cm³/mol. The third-order valence-electron chi connectivity index (χ3n) is 3.32. The average Bonchev–Trinajstić information content (AvgIpc) is 2.41. The van der Waals surface area contributed by atoms with Crippen molar-refractivity contribution in [3.63, 3.8) is 0 Å². The Kier molecular flexibility index (Phi) is 5.03. The second-order valence-corrected chi connectivity index (χ2v) is 7.46. The van der Waals surface area contributed by atoms with Crippen LogP contribution in [0.5, 0.6) is 0 Å². The van der Waals surface area contributed by atoms with E-state index in [-0.39, 0.29) is 16.5 Å². The van der Waals surface area contributed by atoms with Crippen molar-refractivity contribution < 1.29 is 23.1 Å². The van der Waals surface area contributed by atoms with Gasteiger partial charge in [0.2, 0.25) is 10.0 Å². The van der Waals surface area contributed by atoms with Gasteiger partial charge in [0, 0.05) is 17.1 Å². The first-order chi connectivity index (χ1) is 9.81. The lowest BCUT2D eigenvalue weighted by Gasteiger charge is -2.23. The van der Waals surface area contributed by atoms with Crippen LogP contribution in [0.2, 0.25) is 0 Å². The maximum atomic E-state index is 12.5. The van der Waals surface area contributed by atoms with E-state index in [1.54, 1.807) is 6.92 Å². The number of carboxylic acid groups (broad SMARTS) is 1. The van der Waals surface area contributed by atoms with Crippen LogP contribution in [0.1, 0.15) is 28.8 Å². The summed E-state index contributed by atoms with van der Waals surface area (Å²) < 4.78 is 33.2.